The van der Waals surface area contributed by atoms with Gasteiger partial charge in [-0.15, -0.1) is 0 Å². The number of nitrogens with one attached hydrogen (secondary N) is 1. The molecule has 6 nitrogen and oxygen atoms in total. The first-order chi connectivity index (χ1) is 11.7. The smallest absolute Gasteiger partial charge is 0.251 e. The van der Waals surface area contributed by atoms with Gasteiger partial charge in [-0.25, -0.2) is 8.42 Å². The number of amides is 1. The molecule has 0 aliphatic carbocycles. The lowest BCUT2D eigenvalue weighted by Crippen LogP contribution is -2.28. The molecular formula is C18H22N2O4S. The second kappa shape index (κ2) is 7.57. The number of hydrogen-bond acceptors (Lipinski definition) is 4. The Morgan fingerprint density at radius 3 is 2.48 bits per heavy atom. The van der Waals surface area contributed by atoms with E-state index in [-0.39, 0.29) is 11.9 Å². The van der Waals surface area contributed by atoms with E-state index in [0.29, 0.717) is 17.0 Å². The molecule has 2 aromatic rings. The third-order valence-electron chi connectivity index (χ3n) is 3.92. The molecule has 134 valence electrons. The van der Waals surface area contributed by atoms with Crippen molar-refractivity contribution in [1.82, 2.24) is 5.32 Å². The van der Waals surface area contributed by atoms with Crippen LogP contribution in [0, 0.1) is 0 Å². The maximum Gasteiger partial charge on any atom is 0.251 e. The van der Waals surface area contributed by atoms with Crippen LogP contribution >= 0.6 is 0 Å². The highest BCUT2D eigenvalue weighted by molar-refractivity contribution is 7.92. The first-order valence-corrected chi connectivity index (χ1v) is 9.56. The zero-order valence-corrected chi connectivity index (χ0v) is 15.5. The summed E-state index contributed by atoms with van der Waals surface area (Å²) in [7, 11) is -0.359. The third kappa shape index (κ3) is 4.51. The number of benzene rings is 2. The first kappa shape index (κ1) is 18.8. The van der Waals surface area contributed by atoms with Crippen molar-refractivity contribution in [3.05, 3.63) is 59.7 Å². The Balaban J connectivity index is 2.21. The van der Waals surface area contributed by atoms with Crippen LogP contribution in [0.1, 0.15) is 28.9 Å². The molecule has 0 spiro atoms. The Morgan fingerprint density at radius 1 is 1.16 bits per heavy atom. The molecule has 0 unspecified atom stereocenters. The number of hydrogen-bond donors (Lipinski definition) is 1. The van der Waals surface area contributed by atoms with Crippen LogP contribution in [0.2, 0.25) is 0 Å². The number of nitrogens with zero attached hydrogens (tertiary/aromatic N) is 1. The van der Waals surface area contributed by atoms with Crippen LogP contribution in [0.3, 0.4) is 0 Å². The summed E-state index contributed by atoms with van der Waals surface area (Å²) in [6.45, 7) is 1.86. The summed E-state index contributed by atoms with van der Waals surface area (Å²) in [4.78, 5) is 12.5. The quantitative estimate of drug-likeness (QED) is 0.857. The van der Waals surface area contributed by atoms with Crippen molar-refractivity contribution >= 4 is 21.6 Å². The van der Waals surface area contributed by atoms with E-state index in [0.717, 1.165) is 16.1 Å². The molecule has 1 atom stereocenters. The minimum absolute atomic E-state index is 0.264. The van der Waals surface area contributed by atoms with Crippen LogP contribution in [-0.4, -0.2) is 34.7 Å². The van der Waals surface area contributed by atoms with E-state index in [1.165, 1.54) is 7.05 Å². The van der Waals surface area contributed by atoms with Gasteiger partial charge in [0.15, 0.2) is 0 Å². The SMILES string of the molecule is COc1ccccc1[C@@H](C)NC(=O)c1cccc(N(C)S(C)(=O)=O)c1. The molecule has 0 fully saturated rings. The van der Waals surface area contributed by atoms with Crippen molar-refractivity contribution < 1.29 is 17.9 Å². The number of methoxy groups -OCH3 is 1. The predicted molar refractivity (Wildman–Crippen MR) is 98.6 cm³/mol. The lowest BCUT2D eigenvalue weighted by molar-refractivity contribution is 0.0939. The normalized spacial score (nSPS) is 12.3. The zero-order valence-electron chi connectivity index (χ0n) is 14.7. The van der Waals surface area contributed by atoms with Crippen LogP contribution in [0.25, 0.3) is 0 Å². The van der Waals surface area contributed by atoms with E-state index in [2.05, 4.69) is 5.32 Å². The highest BCUT2D eigenvalue weighted by atomic mass is 32.2. The van der Waals surface area contributed by atoms with Gasteiger partial charge in [-0.1, -0.05) is 24.3 Å². The van der Waals surface area contributed by atoms with Gasteiger partial charge in [0.25, 0.3) is 5.91 Å². The summed E-state index contributed by atoms with van der Waals surface area (Å²) in [5, 5.41) is 2.91. The lowest BCUT2D eigenvalue weighted by atomic mass is 10.1. The summed E-state index contributed by atoms with van der Waals surface area (Å²) < 4.78 is 29.8. The van der Waals surface area contributed by atoms with Crippen LogP contribution < -0.4 is 14.4 Å². The number of sulfonamides is 1. The van der Waals surface area contributed by atoms with E-state index >= 15 is 0 Å². The van der Waals surface area contributed by atoms with Gasteiger partial charge in [0.2, 0.25) is 10.0 Å². The average molecular weight is 362 g/mol. The number of carbonyl (C=O) groups is 1. The summed E-state index contributed by atoms with van der Waals surface area (Å²) in [5.74, 6) is 0.406. The summed E-state index contributed by atoms with van der Waals surface area (Å²) in [6.07, 6.45) is 1.11. The standard InChI is InChI=1S/C18H22N2O4S/c1-13(16-10-5-6-11-17(16)24-3)19-18(21)14-8-7-9-15(12-14)20(2)25(4,22)23/h5-13H,1-4H3,(H,19,21)/t13-/m1/s1. The summed E-state index contributed by atoms with van der Waals surface area (Å²) in [5.41, 5.74) is 1.68. The summed E-state index contributed by atoms with van der Waals surface area (Å²) in [6, 6.07) is 13.7. The van der Waals surface area contributed by atoms with Crippen LogP contribution in [0.4, 0.5) is 5.69 Å². The van der Waals surface area contributed by atoms with Crippen molar-refractivity contribution in [2.24, 2.45) is 0 Å². The Morgan fingerprint density at radius 2 is 1.84 bits per heavy atom. The largest absolute Gasteiger partial charge is 0.496 e. The minimum Gasteiger partial charge on any atom is -0.496 e. The van der Waals surface area contributed by atoms with Gasteiger partial charge in [0.1, 0.15) is 5.75 Å². The highest BCUT2D eigenvalue weighted by Gasteiger charge is 2.17. The van der Waals surface area contributed by atoms with Crippen molar-refractivity contribution in [3.8, 4) is 5.75 Å². The Kier molecular flexibility index (Phi) is 5.69. The topological polar surface area (TPSA) is 75.7 Å². The van der Waals surface area contributed by atoms with Gasteiger partial charge in [0, 0.05) is 18.2 Å². The first-order valence-electron chi connectivity index (χ1n) is 7.71. The second-order valence-corrected chi connectivity index (χ2v) is 7.73. The zero-order chi connectivity index (χ0) is 18.6. The average Bonchev–Trinajstić information content (AvgIpc) is 2.60. The predicted octanol–water partition coefficient (Wildman–Crippen LogP) is 2.58. The van der Waals surface area contributed by atoms with E-state index in [1.807, 2.05) is 31.2 Å². The molecule has 0 saturated carbocycles. The monoisotopic (exact) mass is 362 g/mol. The highest BCUT2D eigenvalue weighted by Crippen LogP contribution is 2.25. The third-order valence-corrected chi connectivity index (χ3v) is 5.13. The van der Waals surface area contributed by atoms with E-state index in [1.54, 1.807) is 31.4 Å². The molecule has 2 rings (SSSR count). The van der Waals surface area contributed by atoms with Gasteiger partial charge in [-0.2, -0.15) is 0 Å². The number of carbonyl (C=O) groups excluding carboxylic acids is 1. The molecule has 0 aliphatic heterocycles. The van der Waals surface area contributed by atoms with Crippen molar-refractivity contribution in [2.75, 3.05) is 24.7 Å². The van der Waals surface area contributed by atoms with Gasteiger partial charge >= 0.3 is 0 Å². The van der Waals surface area contributed by atoms with Crippen molar-refractivity contribution in [2.45, 2.75) is 13.0 Å². The molecule has 0 heterocycles. The van der Waals surface area contributed by atoms with Gasteiger partial charge < -0.3 is 10.1 Å². The van der Waals surface area contributed by atoms with Crippen molar-refractivity contribution in [1.29, 1.82) is 0 Å². The molecule has 1 amide bonds. The lowest BCUT2D eigenvalue weighted by Gasteiger charge is -2.19. The van der Waals surface area contributed by atoms with Gasteiger partial charge in [0.05, 0.1) is 25.1 Å². The molecule has 25 heavy (non-hydrogen) atoms. The maximum absolute atomic E-state index is 12.5. The molecule has 0 aromatic heterocycles. The molecule has 0 bridgehead atoms. The fraction of sp³-hybridized carbons (Fsp3) is 0.278. The van der Waals surface area contributed by atoms with E-state index in [9.17, 15) is 13.2 Å². The molecule has 0 radical (unpaired) electrons. The Labute approximate surface area is 148 Å². The molecule has 0 aliphatic rings. The van der Waals surface area contributed by atoms with E-state index < -0.39 is 10.0 Å². The number of ether oxygens (including phenoxy) is 1. The molecule has 0 saturated heterocycles. The molecule has 1 N–H and O–H groups in total. The van der Waals surface area contributed by atoms with Crippen LogP contribution in [0.5, 0.6) is 5.75 Å². The van der Waals surface area contributed by atoms with E-state index in [4.69, 9.17) is 4.74 Å². The fourth-order valence-corrected chi connectivity index (χ4v) is 2.91. The van der Waals surface area contributed by atoms with Gasteiger partial charge in [-0.3, -0.25) is 9.10 Å². The number of anilines is 1. The maximum atomic E-state index is 12.5. The number of rotatable bonds is 6. The summed E-state index contributed by atoms with van der Waals surface area (Å²) >= 11 is 0. The van der Waals surface area contributed by atoms with Crippen LogP contribution in [-0.2, 0) is 10.0 Å². The Bertz CT molecular complexity index is 865. The fourth-order valence-electron chi connectivity index (χ4n) is 2.42. The molecule has 2 aromatic carbocycles. The van der Waals surface area contributed by atoms with Gasteiger partial charge in [-0.05, 0) is 31.2 Å². The minimum atomic E-state index is -3.39. The number of para-hydroxylation sites is 1. The Hall–Kier alpha value is -2.54. The van der Waals surface area contributed by atoms with Crippen molar-refractivity contribution in [3.63, 3.8) is 0 Å². The second-order valence-electron chi connectivity index (χ2n) is 5.72. The molecular weight excluding hydrogens is 340 g/mol. The molecule has 7 heteroatoms. The van der Waals surface area contributed by atoms with Crippen LogP contribution in [0.15, 0.2) is 48.5 Å².